The van der Waals surface area contributed by atoms with Crippen LogP contribution in [0.1, 0.15) is 22.8 Å². The summed E-state index contributed by atoms with van der Waals surface area (Å²) in [5, 5.41) is 9.35. The molecule has 0 atom stereocenters. The predicted molar refractivity (Wildman–Crippen MR) is 124 cm³/mol. The van der Waals surface area contributed by atoms with Crippen LogP contribution in [0.15, 0.2) is 48.5 Å². The molecule has 0 unspecified atom stereocenters. The number of ether oxygens (including phenoxy) is 1. The van der Waals surface area contributed by atoms with Gasteiger partial charge in [-0.2, -0.15) is 10.1 Å². The van der Waals surface area contributed by atoms with E-state index in [1.165, 1.54) is 0 Å². The maximum atomic E-state index is 13.7. The first kappa shape index (κ1) is 22.8. The van der Waals surface area contributed by atoms with Crippen molar-refractivity contribution < 1.29 is 18.3 Å². The van der Waals surface area contributed by atoms with E-state index in [4.69, 9.17) is 4.74 Å². The summed E-state index contributed by atoms with van der Waals surface area (Å²) < 4.78 is 34.6. The van der Waals surface area contributed by atoms with Crippen molar-refractivity contribution in [3.05, 3.63) is 82.9 Å². The highest BCUT2D eigenvalue weighted by Crippen LogP contribution is 2.24. The van der Waals surface area contributed by atoms with Crippen molar-refractivity contribution in [3.63, 3.8) is 0 Å². The summed E-state index contributed by atoms with van der Waals surface area (Å²) in [7, 11) is 0. The maximum Gasteiger partial charge on any atom is 0.323 e. The van der Waals surface area contributed by atoms with Gasteiger partial charge in [0.1, 0.15) is 23.2 Å². The maximum absolute atomic E-state index is 13.7. The Labute approximate surface area is 194 Å². The van der Waals surface area contributed by atoms with Gasteiger partial charge in [-0.1, -0.05) is 0 Å². The molecule has 2 aromatic heterocycles. The zero-order valence-corrected chi connectivity index (χ0v) is 19.0. The van der Waals surface area contributed by atoms with Crippen LogP contribution in [0.5, 0.6) is 11.6 Å². The number of rotatable bonds is 5. The summed E-state index contributed by atoms with van der Waals surface area (Å²) in [5.74, 6) is 0.543. The van der Waals surface area contributed by atoms with Gasteiger partial charge in [-0.25, -0.2) is 23.2 Å². The molecular formula is C24H22F2N6O2. The molecule has 0 bridgehead atoms. The number of nitrogens with zero attached hydrogens (tertiary/aromatic N) is 4. The fraction of sp³-hybridized carbons (Fsp3) is 0.167. The number of hydrogen-bond donors (Lipinski definition) is 2. The summed E-state index contributed by atoms with van der Waals surface area (Å²) in [6.07, 6.45) is 0. The van der Waals surface area contributed by atoms with E-state index < -0.39 is 17.7 Å². The molecule has 4 aromatic rings. The number of anilines is 2. The van der Waals surface area contributed by atoms with Gasteiger partial charge in [-0.15, -0.1) is 0 Å². The summed E-state index contributed by atoms with van der Waals surface area (Å²) in [4.78, 5) is 20.9. The lowest BCUT2D eigenvalue weighted by atomic mass is 10.2. The average molecular weight is 464 g/mol. The van der Waals surface area contributed by atoms with E-state index in [-0.39, 0.29) is 5.69 Å². The molecule has 0 aliphatic rings. The Morgan fingerprint density at radius 1 is 0.941 bits per heavy atom. The smallest absolute Gasteiger partial charge is 0.323 e. The number of benzene rings is 2. The molecule has 0 radical (unpaired) electrons. The SMILES string of the molecule is Cc1nc(Oc2ccc(NC(=O)Nc3cc(F)ccc3F)cc2)cc(-n2nc(C)c(C)c2C)n1. The molecule has 0 aliphatic carbocycles. The van der Waals surface area contributed by atoms with Crippen LogP contribution in [0.4, 0.5) is 25.0 Å². The number of aryl methyl sites for hydroxylation is 2. The molecule has 2 amide bonds. The van der Waals surface area contributed by atoms with Gasteiger partial charge in [-0.05, 0) is 69.7 Å². The first-order valence-electron chi connectivity index (χ1n) is 10.4. The topological polar surface area (TPSA) is 94.0 Å². The van der Waals surface area contributed by atoms with Crippen LogP contribution in [0.25, 0.3) is 5.82 Å². The van der Waals surface area contributed by atoms with E-state index in [0.29, 0.717) is 29.0 Å². The molecule has 4 rings (SSSR count). The Morgan fingerprint density at radius 2 is 1.68 bits per heavy atom. The van der Waals surface area contributed by atoms with E-state index in [0.717, 1.165) is 35.2 Å². The molecular weight excluding hydrogens is 442 g/mol. The first-order valence-corrected chi connectivity index (χ1v) is 10.4. The van der Waals surface area contributed by atoms with Gasteiger partial charge < -0.3 is 15.4 Å². The molecule has 0 saturated heterocycles. The van der Waals surface area contributed by atoms with Crippen molar-refractivity contribution in [1.82, 2.24) is 19.7 Å². The average Bonchev–Trinajstić information content (AvgIpc) is 3.04. The van der Waals surface area contributed by atoms with Gasteiger partial charge >= 0.3 is 6.03 Å². The normalized spacial score (nSPS) is 10.8. The van der Waals surface area contributed by atoms with Crippen molar-refractivity contribution >= 4 is 17.4 Å². The van der Waals surface area contributed by atoms with Gasteiger partial charge in [0, 0.05) is 23.5 Å². The van der Waals surface area contributed by atoms with Gasteiger partial charge in [0.05, 0.1) is 11.4 Å². The van der Waals surface area contributed by atoms with E-state index in [1.807, 2.05) is 20.8 Å². The van der Waals surface area contributed by atoms with E-state index >= 15 is 0 Å². The highest BCUT2D eigenvalue weighted by molar-refractivity contribution is 5.99. The Hall–Kier alpha value is -4.34. The molecule has 174 valence electrons. The fourth-order valence-corrected chi connectivity index (χ4v) is 3.23. The molecule has 2 aromatic carbocycles. The van der Waals surface area contributed by atoms with Crippen LogP contribution in [-0.2, 0) is 0 Å². The van der Waals surface area contributed by atoms with Crippen molar-refractivity contribution in [2.24, 2.45) is 0 Å². The molecule has 0 saturated carbocycles. The first-order chi connectivity index (χ1) is 16.2. The molecule has 10 heteroatoms. The third-order valence-corrected chi connectivity index (χ3v) is 5.18. The second-order valence-electron chi connectivity index (χ2n) is 7.65. The van der Waals surface area contributed by atoms with Crippen molar-refractivity contribution in [1.29, 1.82) is 0 Å². The molecule has 8 nitrogen and oxygen atoms in total. The van der Waals surface area contributed by atoms with Crippen LogP contribution in [0.2, 0.25) is 0 Å². The van der Waals surface area contributed by atoms with E-state index in [9.17, 15) is 13.6 Å². The number of aromatic nitrogens is 4. The Bertz CT molecular complexity index is 1370. The number of halogens is 2. The number of nitrogens with one attached hydrogen (secondary N) is 2. The zero-order valence-electron chi connectivity index (χ0n) is 19.0. The van der Waals surface area contributed by atoms with Crippen LogP contribution >= 0.6 is 0 Å². The number of amides is 2. The highest BCUT2D eigenvalue weighted by atomic mass is 19.1. The summed E-state index contributed by atoms with van der Waals surface area (Å²) in [5.41, 5.74) is 3.16. The summed E-state index contributed by atoms with van der Waals surface area (Å²) in [6, 6.07) is 10.3. The molecule has 0 spiro atoms. The number of urea groups is 1. The van der Waals surface area contributed by atoms with Crippen LogP contribution in [0, 0.1) is 39.3 Å². The second-order valence-corrected chi connectivity index (χ2v) is 7.65. The van der Waals surface area contributed by atoms with Crippen LogP contribution in [0.3, 0.4) is 0 Å². The Kier molecular flexibility index (Phi) is 6.22. The number of hydrogen-bond acceptors (Lipinski definition) is 5. The monoisotopic (exact) mass is 464 g/mol. The third-order valence-electron chi connectivity index (χ3n) is 5.18. The van der Waals surface area contributed by atoms with Crippen LogP contribution in [-0.4, -0.2) is 25.8 Å². The zero-order chi connectivity index (χ0) is 24.4. The van der Waals surface area contributed by atoms with Crippen molar-refractivity contribution in [2.75, 3.05) is 10.6 Å². The summed E-state index contributed by atoms with van der Waals surface area (Å²) >= 11 is 0. The van der Waals surface area contributed by atoms with Gasteiger partial charge in [0.15, 0.2) is 5.82 Å². The molecule has 0 aliphatic heterocycles. The number of carbonyl (C=O) groups excluding carboxylic acids is 1. The fourth-order valence-electron chi connectivity index (χ4n) is 3.23. The standard InChI is InChI=1S/C24H22F2N6O2/c1-13-14(2)31-32(15(13)3)22-12-23(28-16(4)27-22)34-19-8-6-18(7-9-19)29-24(33)30-21-11-17(25)5-10-20(21)26/h5-12H,1-4H3,(H2,29,30,33). The third kappa shape index (κ3) is 5.01. The lowest BCUT2D eigenvalue weighted by Gasteiger charge is -2.11. The molecule has 34 heavy (non-hydrogen) atoms. The predicted octanol–water partition coefficient (Wildman–Crippen LogP) is 5.61. The summed E-state index contributed by atoms with van der Waals surface area (Å²) in [6.45, 7) is 7.68. The van der Waals surface area contributed by atoms with Gasteiger partial charge in [0.2, 0.25) is 5.88 Å². The highest BCUT2D eigenvalue weighted by Gasteiger charge is 2.13. The van der Waals surface area contributed by atoms with Crippen LogP contribution < -0.4 is 15.4 Å². The molecule has 2 heterocycles. The van der Waals surface area contributed by atoms with Crippen molar-refractivity contribution in [3.8, 4) is 17.4 Å². The minimum atomic E-state index is -0.740. The van der Waals surface area contributed by atoms with Gasteiger partial charge in [0.25, 0.3) is 0 Å². The molecule has 2 N–H and O–H groups in total. The largest absolute Gasteiger partial charge is 0.439 e. The van der Waals surface area contributed by atoms with Gasteiger partial charge in [-0.3, -0.25) is 0 Å². The minimum absolute atomic E-state index is 0.259. The molecule has 0 fully saturated rings. The Morgan fingerprint density at radius 3 is 2.35 bits per heavy atom. The number of carbonyl (C=O) groups is 1. The quantitative estimate of drug-likeness (QED) is 0.400. The Balaban J connectivity index is 1.45. The van der Waals surface area contributed by atoms with Crippen molar-refractivity contribution in [2.45, 2.75) is 27.7 Å². The second kappa shape index (κ2) is 9.26. The van der Waals surface area contributed by atoms with E-state index in [1.54, 1.807) is 41.9 Å². The lowest BCUT2D eigenvalue weighted by molar-refractivity contribution is 0.262. The minimum Gasteiger partial charge on any atom is -0.439 e. The lowest BCUT2D eigenvalue weighted by Crippen LogP contribution is -2.20. The van der Waals surface area contributed by atoms with E-state index in [2.05, 4.69) is 25.7 Å².